The van der Waals surface area contributed by atoms with Gasteiger partial charge in [0.25, 0.3) is 0 Å². The van der Waals surface area contributed by atoms with Crippen LogP contribution in [0.5, 0.6) is 0 Å². The molecule has 7 nitrogen and oxygen atoms in total. The summed E-state index contributed by atoms with van der Waals surface area (Å²) in [6, 6.07) is 8.13. The van der Waals surface area contributed by atoms with E-state index in [0.717, 1.165) is 54.0 Å². The molecule has 0 spiro atoms. The van der Waals surface area contributed by atoms with Crippen LogP contribution in [0.1, 0.15) is 12.5 Å². The minimum Gasteiger partial charge on any atom is -0.352 e. The second kappa shape index (κ2) is 8.23. The smallest absolute Gasteiger partial charge is 0.330 e. The van der Waals surface area contributed by atoms with Crippen molar-refractivity contribution in [1.29, 1.82) is 0 Å². The van der Waals surface area contributed by atoms with Gasteiger partial charge in [-0.1, -0.05) is 28.1 Å². The molecule has 3 aromatic rings. The van der Waals surface area contributed by atoms with Gasteiger partial charge in [-0.2, -0.15) is 9.97 Å². The minimum atomic E-state index is -0.0671. The quantitative estimate of drug-likeness (QED) is 0.587. The van der Waals surface area contributed by atoms with E-state index in [-0.39, 0.29) is 11.0 Å². The number of piperazine rings is 1. The number of rotatable bonds is 5. The summed E-state index contributed by atoms with van der Waals surface area (Å²) in [5.41, 5.74) is 2.48. The number of nitrogens with zero attached hydrogens (tertiary/aromatic N) is 5. The van der Waals surface area contributed by atoms with Gasteiger partial charge in [0.1, 0.15) is 5.52 Å². The first kappa shape index (κ1) is 19.4. The molecular formula is C19H22BrClN6O. The van der Waals surface area contributed by atoms with E-state index in [1.54, 1.807) is 9.13 Å². The van der Waals surface area contributed by atoms with Crippen LogP contribution in [0.3, 0.4) is 0 Å². The number of anilines is 1. The van der Waals surface area contributed by atoms with Crippen LogP contribution in [0.25, 0.3) is 11.2 Å². The van der Waals surface area contributed by atoms with Gasteiger partial charge in [0.2, 0.25) is 5.28 Å². The third-order valence-corrected chi connectivity index (χ3v) is 5.78. The number of nitrogens with one attached hydrogen (secondary N) is 1. The Balaban J connectivity index is 1.78. The molecule has 1 saturated heterocycles. The van der Waals surface area contributed by atoms with Gasteiger partial charge in [-0.15, -0.1) is 0 Å². The van der Waals surface area contributed by atoms with Crippen LogP contribution >= 0.6 is 27.5 Å². The van der Waals surface area contributed by atoms with E-state index in [4.69, 9.17) is 11.6 Å². The number of aromatic nitrogens is 4. The molecule has 1 aromatic carbocycles. The van der Waals surface area contributed by atoms with Crippen LogP contribution in [-0.2, 0) is 19.5 Å². The van der Waals surface area contributed by atoms with Crippen molar-refractivity contribution >= 4 is 44.5 Å². The van der Waals surface area contributed by atoms with Gasteiger partial charge in [-0.05, 0) is 42.6 Å². The van der Waals surface area contributed by atoms with Crippen molar-refractivity contribution in [2.75, 3.05) is 31.1 Å². The molecule has 0 radical (unpaired) electrons. The Morgan fingerprint density at radius 2 is 1.86 bits per heavy atom. The van der Waals surface area contributed by atoms with E-state index in [0.29, 0.717) is 18.7 Å². The van der Waals surface area contributed by atoms with E-state index in [1.807, 2.05) is 19.1 Å². The topological polar surface area (TPSA) is 68.0 Å². The van der Waals surface area contributed by atoms with Crippen LogP contribution in [0.2, 0.25) is 5.28 Å². The van der Waals surface area contributed by atoms with E-state index >= 15 is 0 Å². The summed E-state index contributed by atoms with van der Waals surface area (Å²) < 4.78 is 4.52. The van der Waals surface area contributed by atoms with Crippen molar-refractivity contribution in [1.82, 2.24) is 24.4 Å². The first-order valence-electron chi connectivity index (χ1n) is 9.45. The van der Waals surface area contributed by atoms with Gasteiger partial charge in [-0.25, -0.2) is 4.79 Å². The molecule has 0 saturated carbocycles. The lowest BCUT2D eigenvalue weighted by molar-refractivity contribution is 0.584. The summed E-state index contributed by atoms with van der Waals surface area (Å²) in [4.78, 5) is 24.2. The van der Waals surface area contributed by atoms with Gasteiger partial charge < -0.3 is 10.2 Å². The van der Waals surface area contributed by atoms with Crippen molar-refractivity contribution in [2.24, 2.45) is 0 Å². The monoisotopic (exact) mass is 464 g/mol. The maximum Gasteiger partial charge on any atom is 0.330 e. The molecular weight excluding hydrogens is 444 g/mol. The Kier molecular flexibility index (Phi) is 5.70. The molecule has 0 bridgehead atoms. The van der Waals surface area contributed by atoms with E-state index < -0.39 is 0 Å². The van der Waals surface area contributed by atoms with Crippen LogP contribution in [-0.4, -0.2) is 45.3 Å². The summed E-state index contributed by atoms with van der Waals surface area (Å²) in [5.74, 6) is 0.748. The average molecular weight is 466 g/mol. The van der Waals surface area contributed by atoms with Crippen molar-refractivity contribution in [3.05, 3.63) is 50.1 Å². The number of halogens is 2. The number of benzene rings is 1. The summed E-state index contributed by atoms with van der Waals surface area (Å²) in [7, 11) is 0. The Morgan fingerprint density at radius 1 is 1.14 bits per heavy atom. The predicted molar refractivity (Wildman–Crippen MR) is 115 cm³/mol. The third-order valence-electron chi connectivity index (χ3n) is 5.08. The number of fused-ring (bicyclic) bond motifs is 1. The molecule has 148 valence electrons. The van der Waals surface area contributed by atoms with Crippen LogP contribution in [0, 0.1) is 0 Å². The lowest BCUT2D eigenvalue weighted by Gasteiger charge is -2.28. The maximum absolute atomic E-state index is 13.1. The lowest BCUT2D eigenvalue weighted by Crippen LogP contribution is -2.44. The van der Waals surface area contributed by atoms with Crippen molar-refractivity contribution in [3.63, 3.8) is 0 Å². The molecule has 3 heterocycles. The molecule has 9 heteroatoms. The van der Waals surface area contributed by atoms with Crippen LogP contribution in [0.15, 0.2) is 33.5 Å². The highest BCUT2D eigenvalue weighted by Crippen LogP contribution is 2.26. The Labute approximate surface area is 176 Å². The lowest BCUT2D eigenvalue weighted by atomic mass is 10.1. The van der Waals surface area contributed by atoms with E-state index in [9.17, 15) is 4.79 Å². The molecule has 1 aliphatic heterocycles. The molecule has 1 fully saturated rings. The summed E-state index contributed by atoms with van der Waals surface area (Å²) in [5, 5.41) is 3.51. The van der Waals surface area contributed by atoms with Crippen molar-refractivity contribution in [3.8, 4) is 0 Å². The molecule has 1 N–H and O–H groups in total. The summed E-state index contributed by atoms with van der Waals surface area (Å²) in [6.45, 7) is 6.47. The fourth-order valence-electron chi connectivity index (χ4n) is 3.65. The number of aryl methyl sites for hydroxylation is 3. The highest BCUT2D eigenvalue weighted by molar-refractivity contribution is 9.10. The van der Waals surface area contributed by atoms with Gasteiger partial charge in [0, 0.05) is 43.7 Å². The molecule has 4 rings (SSSR count). The SMILES string of the molecule is CCn1c(=O)n(CCc2ccc(Br)cc2)c2nc(Cl)nc(N3CCNCC3)c21. The van der Waals surface area contributed by atoms with Gasteiger partial charge in [-0.3, -0.25) is 9.13 Å². The average Bonchev–Trinajstić information content (AvgIpc) is 2.98. The van der Waals surface area contributed by atoms with Crippen LogP contribution in [0.4, 0.5) is 5.82 Å². The standard InChI is InChI=1S/C19H22BrClN6O/c1-2-26-15-16(25-11-8-22-9-12-25)23-18(21)24-17(15)27(19(26)28)10-7-13-3-5-14(20)6-4-13/h3-6,22H,2,7-12H2,1H3. The second-order valence-electron chi connectivity index (χ2n) is 6.78. The fraction of sp³-hybridized carbons (Fsp3) is 0.421. The zero-order chi connectivity index (χ0) is 19.7. The molecule has 0 atom stereocenters. The summed E-state index contributed by atoms with van der Waals surface area (Å²) >= 11 is 9.71. The van der Waals surface area contributed by atoms with Crippen LogP contribution < -0.4 is 15.9 Å². The van der Waals surface area contributed by atoms with E-state index in [2.05, 4.69) is 48.2 Å². The van der Waals surface area contributed by atoms with E-state index in [1.165, 1.54) is 0 Å². The molecule has 2 aromatic heterocycles. The highest BCUT2D eigenvalue weighted by atomic mass is 79.9. The molecule has 1 aliphatic rings. The second-order valence-corrected chi connectivity index (χ2v) is 8.03. The van der Waals surface area contributed by atoms with Gasteiger partial charge in [0.15, 0.2) is 11.5 Å². The number of hydrogen-bond acceptors (Lipinski definition) is 5. The van der Waals surface area contributed by atoms with Gasteiger partial charge >= 0.3 is 5.69 Å². The minimum absolute atomic E-state index is 0.0671. The molecule has 0 amide bonds. The van der Waals surface area contributed by atoms with Crippen molar-refractivity contribution in [2.45, 2.75) is 26.4 Å². The molecule has 0 unspecified atom stereocenters. The molecule has 0 aliphatic carbocycles. The molecule has 28 heavy (non-hydrogen) atoms. The maximum atomic E-state index is 13.1. The zero-order valence-electron chi connectivity index (χ0n) is 15.7. The summed E-state index contributed by atoms with van der Waals surface area (Å²) in [6.07, 6.45) is 0.737. The van der Waals surface area contributed by atoms with Crippen molar-refractivity contribution < 1.29 is 0 Å². The Hall–Kier alpha value is -1.90. The fourth-order valence-corrected chi connectivity index (χ4v) is 4.08. The number of hydrogen-bond donors (Lipinski definition) is 1. The normalized spacial score (nSPS) is 14.8. The van der Waals surface area contributed by atoms with Gasteiger partial charge in [0.05, 0.1) is 0 Å². The third kappa shape index (κ3) is 3.68. The first-order chi connectivity index (χ1) is 13.6. The first-order valence-corrected chi connectivity index (χ1v) is 10.6. The number of imidazole rings is 1. The highest BCUT2D eigenvalue weighted by Gasteiger charge is 2.23. The predicted octanol–water partition coefficient (Wildman–Crippen LogP) is 2.68. The largest absolute Gasteiger partial charge is 0.352 e. The zero-order valence-corrected chi connectivity index (χ0v) is 18.0. The Bertz CT molecular complexity index is 1040. The Morgan fingerprint density at radius 3 is 2.54 bits per heavy atom.